The summed E-state index contributed by atoms with van der Waals surface area (Å²) < 4.78 is 0.679. The molecule has 1 atom stereocenters. The van der Waals surface area contributed by atoms with E-state index in [0.717, 1.165) is 18.4 Å². The van der Waals surface area contributed by atoms with E-state index in [4.69, 9.17) is 11.5 Å². The lowest BCUT2D eigenvalue weighted by Crippen LogP contribution is -2.12. The van der Waals surface area contributed by atoms with E-state index < -0.39 is 0 Å². The van der Waals surface area contributed by atoms with Crippen molar-refractivity contribution in [3.8, 4) is 5.75 Å². The Morgan fingerprint density at radius 1 is 1.40 bits per heavy atom. The van der Waals surface area contributed by atoms with Crippen LogP contribution >= 0.6 is 28.3 Å². The highest BCUT2D eigenvalue weighted by Gasteiger charge is 2.11. The molecule has 1 rings (SSSR count). The maximum absolute atomic E-state index is 9.71. The summed E-state index contributed by atoms with van der Waals surface area (Å²) in [5.74, 6) is 0.233. The largest absolute Gasteiger partial charge is 0.506 e. The number of benzene rings is 1. The summed E-state index contributed by atoms with van der Waals surface area (Å²) in [4.78, 5) is 0. The van der Waals surface area contributed by atoms with Gasteiger partial charge in [-0.25, -0.2) is 0 Å². The highest BCUT2D eigenvalue weighted by atomic mass is 79.9. The van der Waals surface area contributed by atoms with Crippen molar-refractivity contribution in [3.05, 3.63) is 28.2 Å². The molecular formula is C10H16BrClN2O. The molecule has 0 aliphatic heterocycles. The smallest absolute Gasteiger partial charge is 0.134 e. The van der Waals surface area contributed by atoms with Crippen molar-refractivity contribution < 1.29 is 5.11 Å². The molecule has 86 valence electrons. The van der Waals surface area contributed by atoms with Gasteiger partial charge in [-0.2, -0.15) is 0 Å². The number of hydrogen-bond donors (Lipinski definition) is 3. The topological polar surface area (TPSA) is 72.3 Å². The third kappa shape index (κ3) is 3.99. The molecule has 5 heteroatoms. The Kier molecular flexibility index (Phi) is 6.92. The van der Waals surface area contributed by atoms with Gasteiger partial charge in [0.2, 0.25) is 0 Å². The van der Waals surface area contributed by atoms with Crippen molar-refractivity contribution in [2.24, 2.45) is 11.5 Å². The zero-order chi connectivity index (χ0) is 10.6. The van der Waals surface area contributed by atoms with E-state index in [0.29, 0.717) is 11.0 Å². The number of hydrogen-bond acceptors (Lipinski definition) is 3. The van der Waals surface area contributed by atoms with Gasteiger partial charge in [0, 0.05) is 11.6 Å². The minimum atomic E-state index is -0.143. The Morgan fingerprint density at radius 2 is 2.07 bits per heavy atom. The number of rotatable bonds is 4. The summed E-state index contributed by atoms with van der Waals surface area (Å²) in [6, 6.07) is 5.34. The summed E-state index contributed by atoms with van der Waals surface area (Å²) in [6.45, 7) is 0.627. The van der Waals surface area contributed by atoms with Crippen molar-refractivity contribution in [3.63, 3.8) is 0 Å². The monoisotopic (exact) mass is 294 g/mol. The van der Waals surface area contributed by atoms with Crippen LogP contribution in [0.3, 0.4) is 0 Å². The van der Waals surface area contributed by atoms with Crippen LogP contribution in [-0.2, 0) is 0 Å². The van der Waals surface area contributed by atoms with Crippen LogP contribution in [0, 0.1) is 0 Å². The van der Waals surface area contributed by atoms with Gasteiger partial charge < -0.3 is 16.6 Å². The van der Waals surface area contributed by atoms with Crippen LogP contribution in [0.2, 0.25) is 0 Å². The normalized spacial score (nSPS) is 11.9. The summed E-state index contributed by atoms with van der Waals surface area (Å²) in [7, 11) is 0. The molecule has 15 heavy (non-hydrogen) atoms. The van der Waals surface area contributed by atoms with Gasteiger partial charge >= 0.3 is 0 Å². The fourth-order valence-electron chi connectivity index (χ4n) is 1.32. The van der Waals surface area contributed by atoms with Gasteiger partial charge in [-0.15, -0.1) is 12.4 Å². The van der Waals surface area contributed by atoms with Gasteiger partial charge in [0.05, 0.1) is 4.47 Å². The maximum Gasteiger partial charge on any atom is 0.134 e. The average molecular weight is 296 g/mol. The zero-order valence-electron chi connectivity index (χ0n) is 8.32. The molecule has 0 aliphatic carbocycles. The van der Waals surface area contributed by atoms with Crippen LogP contribution in [0.25, 0.3) is 0 Å². The minimum absolute atomic E-state index is 0. The van der Waals surface area contributed by atoms with Crippen LogP contribution in [-0.4, -0.2) is 11.7 Å². The Hall–Kier alpha value is -0.290. The molecule has 0 fully saturated rings. The maximum atomic E-state index is 9.71. The number of aromatic hydroxyl groups is 1. The molecule has 0 radical (unpaired) electrons. The SMILES string of the molecule is Cl.NCCC[C@@H](N)c1cccc(Br)c1O. The first kappa shape index (κ1) is 14.7. The van der Waals surface area contributed by atoms with E-state index in [-0.39, 0.29) is 24.2 Å². The lowest BCUT2D eigenvalue weighted by Gasteiger charge is -2.13. The van der Waals surface area contributed by atoms with Crippen molar-refractivity contribution in [2.45, 2.75) is 18.9 Å². The Balaban J connectivity index is 0.00000196. The Labute approximate surface area is 104 Å². The second-order valence-electron chi connectivity index (χ2n) is 3.22. The molecule has 0 heterocycles. The molecule has 0 unspecified atom stereocenters. The highest BCUT2D eigenvalue weighted by Crippen LogP contribution is 2.32. The summed E-state index contributed by atoms with van der Waals surface area (Å²) in [5.41, 5.74) is 12.1. The molecule has 0 bridgehead atoms. The van der Waals surface area contributed by atoms with E-state index in [1.165, 1.54) is 0 Å². The lowest BCUT2D eigenvalue weighted by molar-refractivity contribution is 0.454. The van der Waals surface area contributed by atoms with Gasteiger partial charge in [0.1, 0.15) is 5.75 Å². The predicted octanol–water partition coefficient (Wildman–Crippen LogP) is 2.32. The second-order valence-corrected chi connectivity index (χ2v) is 4.07. The van der Waals surface area contributed by atoms with Gasteiger partial charge in [-0.3, -0.25) is 0 Å². The molecule has 5 N–H and O–H groups in total. The quantitative estimate of drug-likeness (QED) is 0.798. The summed E-state index contributed by atoms with van der Waals surface area (Å²) in [6.07, 6.45) is 1.66. The fraction of sp³-hybridized carbons (Fsp3) is 0.400. The molecule has 3 nitrogen and oxygen atoms in total. The molecular weight excluding hydrogens is 279 g/mol. The van der Waals surface area contributed by atoms with Gasteiger partial charge in [-0.05, 0) is 41.4 Å². The molecule has 1 aromatic carbocycles. The van der Waals surface area contributed by atoms with Crippen LogP contribution in [0.1, 0.15) is 24.4 Å². The summed E-state index contributed by atoms with van der Waals surface area (Å²) >= 11 is 3.25. The predicted molar refractivity (Wildman–Crippen MR) is 68.3 cm³/mol. The Bertz CT molecular complexity index is 309. The molecule has 0 aromatic heterocycles. The summed E-state index contributed by atoms with van der Waals surface area (Å²) in [5, 5.41) is 9.71. The van der Waals surface area contributed by atoms with Gasteiger partial charge in [0.15, 0.2) is 0 Å². The van der Waals surface area contributed by atoms with Crippen LogP contribution < -0.4 is 11.5 Å². The van der Waals surface area contributed by atoms with Gasteiger partial charge in [-0.1, -0.05) is 12.1 Å². The minimum Gasteiger partial charge on any atom is -0.506 e. The molecule has 1 aromatic rings. The van der Waals surface area contributed by atoms with Crippen molar-refractivity contribution in [2.75, 3.05) is 6.54 Å². The standard InChI is InChI=1S/C10H15BrN2O.ClH/c11-8-4-1-3-7(10(8)14)9(13)5-2-6-12;/h1,3-4,9,14H,2,5-6,12-13H2;1H/t9-;/m1./s1. The van der Waals surface area contributed by atoms with Crippen molar-refractivity contribution in [1.82, 2.24) is 0 Å². The van der Waals surface area contributed by atoms with Crippen molar-refractivity contribution >= 4 is 28.3 Å². The Morgan fingerprint density at radius 3 is 2.67 bits per heavy atom. The fourth-order valence-corrected chi connectivity index (χ4v) is 1.71. The third-order valence-electron chi connectivity index (χ3n) is 2.14. The number of phenolic OH excluding ortho intramolecular Hbond substituents is 1. The van der Waals surface area contributed by atoms with Crippen molar-refractivity contribution in [1.29, 1.82) is 0 Å². The highest BCUT2D eigenvalue weighted by molar-refractivity contribution is 9.10. The number of para-hydroxylation sites is 1. The first-order valence-electron chi connectivity index (χ1n) is 4.60. The van der Waals surface area contributed by atoms with E-state index in [9.17, 15) is 5.11 Å². The molecule has 0 aliphatic rings. The third-order valence-corrected chi connectivity index (χ3v) is 2.78. The van der Waals surface area contributed by atoms with Crippen LogP contribution in [0.15, 0.2) is 22.7 Å². The molecule has 0 saturated carbocycles. The van der Waals surface area contributed by atoms with E-state index >= 15 is 0 Å². The molecule has 0 spiro atoms. The molecule has 0 saturated heterocycles. The van der Waals surface area contributed by atoms with E-state index in [2.05, 4.69) is 15.9 Å². The lowest BCUT2D eigenvalue weighted by atomic mass is 10.0. The number of phenols is 1. The van der Waals surface area contributed by atoms with Crippen LogP contribution in [0.5, 0.6) is 5.75 Å². The zero-order valence-corrected chi connectivity index (χ0v) is 10.7. The first-order valence-corrected chi connectivity index (χ1v) is 5.39. The number of nitrogens with two attached hydrogens (primary N) is 2. The van der Waals surface area contributed by atoms with Crippen LogP contribution in [0.4, 0.5) is 0 Å². The first-order chi connectivity index (χ1) is 6.66. The van der Waals surface area contributed by atoms with E-state index in [1.54, 1.807) is 6.07 Å². The van der Waals surface area contributed by atoms with E-state index in [1.807, 2.05) is 12.1 Å². The average Bonchev–Trinajstić information content (AvgIpc) is 2.18. The number of halogens is 2. The second kappa shape index (κ2) is 7.06. The van der Waals surface area contributed by atoms with Gasteiger partial charge in [0.25, 0.3) is 0 Å². The molecule has 0 amide bonds.